The number of benzene rings is 2. The standard InChI is InChI=1S/C16H15NO/c18-17-12-15(13-7-3-1-4-8-13)11-16(17)14-9-5-2-6-10-14/h1-10,15H,11-12H2/t15-/m1/s1. The van der Waals surface area contributed by atoms with Gasteiger partial charge in [-0.3, -0.25) is 0 Å². The molecule has 0 aliphatic carbocycles. The first-order valence-electron chi connectivity index (χ1n) is 6.25. The van der Waals surface area contributed by atoms with Crippen molar-refractivity contribution in [3.8, 4) is 0 Å². The minimum atomic E-state index is 0.318. The second-order valence-electron chi connectivity index (χ2n) is 4.69. The summed E-state index contributed by atoms with van der Waals surface area (Å²) in [6.45, 7) is 0.564. The second-order valence-corrected chi connectivity index (χ2v) is 4.69. The van der Waals surface area contributed by atoms with E-state index in [9.17, 15) is 5.21 Å². The van der Waals surface area contributed by atoms with Crippen LogP contribution in [0.25, 0.3) is 0 Å². The smallest absolute Gasteiger partial charge is 0.195 e. The van der Waals surface area contributed by atoms with Gasteiger partial charge in [0.2, 0.25) is 0 Å². The molecule has 18 heavy (non-hydrogen) atoms. The third-order valence-electron chi connectivity index (χ3n) is 3.51. The van der Waals surface area contributed by atoms with E-state index in [1.807, 2.05) is 48.5 Å². The lowest BCUT2D eigenvalue weighted by Gasteiger charge is -2.05. The summed E-state index contributed by atoms with van der Waals surface area (Å²) >= 11 is 0. The molecule has 1 atom stereocenters. The molecule has 2 aromatic carbocycles. The van der Waals surface area contributed by atoms with Crippen LogP contribution in [0.4, 0.5) is 0 Å². The van der Waals surface area contributed by atoms with Crippen molar-refractivity contribution in [2.45, 2.75) is 12.3 Å². The summed E-state index contributed by atoms with van der Waals surface area (Å²) in [4.78, 5) is 0. The van der Waals surface area contributed by atoms with Gasteiger partial charge in [0, 0.05) is 12.0 Å². The Bertz CT molecular complexity index is 560. The first-order valence-corrected chi connectivity index (χ1v) is 6.25. The van der Waals surface area contributed by atoms with Gasteiger partial charge in [0.15, 0.2) is 12.3 Å². The highest BCUT2D eigenvalue weighted by Gasteiger charge is 2.30. The molecular weight excluding hydrogens is 222 g/mol. The van der Waals surface area contributed by atoms with Gasteiger partial charge in [-0.05, 0) is 17.7 Å². The van der Waals surface area contributed by atoms with E-state index >= 15 is 0 Å². The van der Waals surface area contributed by atoms with E-state index in [0.29, 0.717) is 12.5 Å². The minimum absolute atomic E-state index is 0.318. The Morgan fingerprint density at radius 1 is 0.889 bits per heavy atom. The summed E-state index contributed by atoms with van der Waals surface area (Å²) in [6.07, 6.45) is 0.831. The molecule has 90 valence electrons. The summed E-state index contributed by atoms with van der Waals surface area (Å²) < 4.78 is 1.15. The Balaban J connectivity index is 1.86. The Hall–Kier alpha value is -2.09. The van der Waals surface area contributed by atoms with Gasteiger partial charge in [0.05, 0.1) is 5.92 Å². The van der Waals surface area contributed by atoms with Crippen LogP contribution < -0.4 is 0 Å². The third-order valence-corrected chi connectivity index (χ3v) is 3.51. The van der Waals surface area contributed by atoms with Gasteiger partial charge in [-0.25, -0.2) is 4.74 Å². The van der Waals surface area contributed by atoms with Crippen molar-refractivity contribution in [3.05, 3.63) is 77.0 Å². The Morgan fingerprint density at radius 3 is 2.17 bits per heavy atom. The van der Waals surface area contributed by atoms with Crippen LogP contribution in [0, 0.1) is 5.21 Å². The van der Waals surface area contributed by atoms with Gasteiger partial charge in [0.25, 0.3) is 0 Å². The van der Waals surface area contributed by atoms with Gasteiger partial charge in [-0.1, -0.05) is 48.5 Å². The van der Waals surface area contributed by atoms with E-state index in [-0.39, 0.29) is 0 Å². The average Bonchev–Trinajstić information content (AvgIpc) is 2.83. The van der Waals surface area contributed by atoms with Crippen molar-refractivity contribution in [1.29, 1.82) is 0 Å². The lowest BCUT2D eigenvalue weighted by atomic mass is 9.94. The predicted molar refractivity (Wildman–Crippen MR) is 72.8 cm³/mol. The largest absolute Gasteiger partial charge is 0.624 e. The fraction of sp³-hybridized carbons (Fsp3) is 0.188. The quantitative estimate of drug-likeness (QED) is 0.582. The van der Waals surface area contributed by atoms with Crippen molar-refractivity contribution in [1.82, 2.24) is 0 Å². The first kappa shape index (κ1) is 11.0. The zero-order valence-electron chi connectivity index (χ0n) is 10.1. The van der Waals surface area contributed by atoms with Crippen LogP contribution in [0.15, 0.2) is 60.7 Å². The van der Waals surface area contributed by atoms with Crippen molar-refractivity contribution in [3.63, 3.8) is 0 Å². The summed E-state index contributed by atoms with van der Waals surface area (Å²) in [5, 5.41) is 12.0. The minimum Gasteiger partial charge on any atom is -0.624 e. The van der Waals surface area contributed by atoms with Crippen molar-refractivity contribution in [2.75, 3.05) is 6.54 Å². The zero-order valence-corrected chi connectivity index (χ0v) is 10.1. The number of nitrogens with zero attached hydrogens (tertiary/aromatic N) is 1. The van der Waals surface area contributed by atoms with Crippen LogP contribution in [0.5, 0.6) is 0 Å². The highest BCUT2D eigenvalue weighted by Crippen LogP contribution is 2.27. The number of hydrogen-bond donors (Lipinski definition) is 0. The molecule has 0 saturated carbocycles. The molecule has 3 rings (SSSR count). The number of rotatable bonds is 2. The topological polar surface area (TPSA) is 26.1 Å². The molecule has 0 saturated heterocycles. The second kappa shape index (κ2) is 4.65. The monoisotopic (exact) mass is 237 g/mol. The van der Waals surface area contributed by atoms with Crippen LogP contribution in [-0.4, -0.2) is 17.0 Å². The van der Waals surface area contributed by atoms with E-state index < -0.39 is 0 Å². The van der Waals surface area contributed by atoms with E-state index in [2.05, 4.69) is 12.1 Å². The molecule has 0 amide bonds. The average molecular weight is 237 g/mol. The van der Waals surface area contributed by atoms with Crippen LogP contribution in [0.2, 0.25) is 0 Å². The van der Waals surface area contributed by atoms with Gasteiger partial charge in [0.1, 0.15) is 0 Å². The molecule has 0 aromatic heterocycles. The molecule has 0 radical (unpaired) electrons. The molecule has 2 heteroatoms. The van der Waals surface area contributed by atoms with Gasteiger partial charge in [-0.15, -0.1) is 0 Å². The molecular formula is C16H15NO. The fourth-order valence-electron chi connectivity index (χ4n) is 2.55. The number of hydroxylamine groups is 1. The maximum atomic E-state index is 12.0. The van der Waals surface area contributed by atoms with Crippen LogP contribution in [-0.2, 0) is 0 Å². The van der Waals surface area contributed by atoms with Crippen molar-refractivity contribution < 1.29 is 4.74 Å². The zero-order chi connectivity index (χ0) is 12.4. The van der Waals surface area contributed by atoms with E-state index in [1.54, 1.807) is 0 Å². The first-order chi connectivity index (χ1) is 8.84. The van der Waals surface area contributed by atoms with E-state index in [0.717, 1.165) is 22.4 Å². The number of hydrogen-bond acceptors (Lipinski definition) is 1. The Morgan fingerprint density at radius 2 is 1.50 bits per heavy atom. The molecule has 0 fully saturated rings. The maximum Gasteiger partial charge on any atom is 0.195 e. The fourth-order valence-corrected chi connectivity index (χ4v) is 2.55. The third kappa shape index (κ3) is 2.02. The van der Waals surface area contributed by atoms with Gasteiger partial charge in [-0.2, -0.15) is 0 Å². The summed E-state index contributed by atoms with van der Waals surface area (Å²) in [5.74, 6) is 0.318. The molecule has 0 unspecified atom stereocenters. The lowest BCUT2D eigenvalue weighted by molar-refractivity contribution is -0.450. The SMILES string of the molecule is [O-][N+]1=C(c2ccccc2)C[C@@H](c2ccccc2)C1. The molecule has 1 aliphatic heterocycles. The van der Waals surface area contributed by atoms with Crippen LogP contribution in [0.1, 0.15) is 23.5 Å². The highest BCUT2D eigenvalue weighted by molar-refractivity contribution is 5.98. The van der Waals surface area contributed by atoms with Crippen molar-refractivity contribution >= 4 is 5.71 Å². The molecule has 2 nitrogen and oxygen atoms in total. The molecule has 0 bridgehead atoms. The van der Waals surface area contributed by atoms with E-state index in [1.165, 1.54) is 5.56 Å². The molecule has 0 N–H and O–H groups in total. The molecule has 0 spiro atoms. The molecule has 2 aromatic rings. The van der Waals surface area contributed by atoms with Crippen molar-refractivity contribution in [2.24, 2.45) is 0 Å². The Labute approximate surface area is 107 Å². The maximum absolute atomic E-state index is 12.0. The van der Waals surface area contributed by atoms with Gasteiger partial charge >= 0.3 is 0 Å². The van der Waals surface area contributed by atoms with Gasteiger partial charge < -0.3 is 5.21 Å². The summed E-state index contributed by atoms with van der Waals surface area (Å²) in [6, 6.07) is 20.2. The van der Waals surface area contributed by atoms with Crippen LogP contribution >= 0.6 is 0 Å². The highest BCUT2D eigenvalue weighted by atomic mass is 16.5. The molecule has 1 heterocycles. The van der Waals surface area contributed by atoms with E-state index in [4.69, 9.17) is 0 Å². The normalized spacial score (nSPS) is 19.2. The summed E-state index contributed by atoms with van der Waals surface area (Å²) in [5.41, 5.74) is 3.21. The lowest BCUT2D eigenvalue weighted by Crippen LogP contribution is -2.08. The summed E-state index contributed by atoms with van der Waals surface area (Å²) in [7, 11) is 0. The molecule has 1 aliphatic rings. The Kier molecular flexibility index (Phi) is 2.85. The van der Waals surface area contributed by atoms with Crippen LogP contribution in [0.3, 0.4) is 0 Å². The predicted octanol–water partition coefficient (Wildman–Crippen LogP) is 3.17.